The van der Waals surface area contributed by atoms with E-state index in [4.69, 9.17) is 4.42 Å². The minimum atomic E-state index is 0.315. The molecule has 194 valence electrons. The first-order chi connectivity index (χ1) is 20.7. The SMILES string of the molecule is N#Cc1cc(-c2cc(-c3ccccc3)cnc2C#N)ccc1-n1c2ccccc2c2cc3c(cc21)oc1ccccc13. The van der Waals surface area contributed by atoms with Gasteiger partial charge in [0, 0.05) is 44.9 Å². The molecule has 3 heterocycles. The highest BCUT2D eigenvalue weighted by Crippen LogP contribution is 2.39. The van der Waals surface area contributed by atoms with Gasteiger partial charge in [0.2, 0.25) is 0 Å². The summed E-state index contributed by atoms with van der Waals surface area (Å²) in [4.78, 5) is 4.45. The molecule has 0 spiro atoms. The summed E-state index contributed by atoms with van der Waals surface area (Å²) in [7, 11) is 0. The molecule has 3 aromatic heterocycles. The number of nitriles is 2. The maximum Gasteiger partial charge on any atom is 0.148 e. The molecule has 42 heavy (non-hydrogen) atoms. The third kappa shape index (κ3) is 3.52. The van der Waals surface area contributed by atoms with Crippen molar-refractivity contribution in [3.63, 3.8) is 0 Å². The molecule has 0 aliphatic heterocycles. The van der Waals surface area contributed by atoms with E-state index in [1.54, 1.807) is 6.20 Å². The smallest absolute Gasteiger partial charge is 0.148 e. The van der Waals surface area contributed by atoms with E-state index in [-0.39, 0.29) is 0 Å². The Balaban J connectivity index is 1.36. The van der Waals surface area contributed by atoms with E-state index in [0.29, 0.717) is 16.8 Å². The highest BCUT2D eigenvalue weighted by molar-refractivity contribution is 6.17. The van der Waals surface area contributed by atoms with Gasteiger partial charge in [0.1, 0.15) is 29.0 Å². The average molecular weight is 537 g/mol. The summed E-state index contributed by atoms with van der Waals surface area (Å²) < 4.78 is 8.37. The lowest BCUT2D eigenvalue weighted by molar-refractivity contribution is 0.669. The van der Waals surface area contributed by atoms with Gasteiger partial charge in [0.15, 0.2) is 0 Å². The molecule has 8 aromatic rings. The van der Waals surface area contributed by atoms with Crippen LogP contribution in [-0.4, -0.2) is 9.55 Å². The Morgan fingerprint density at radius 1 is 0.571 bits per heavy atom. The van der Waals surface area contributed by atoms with E-state index in [9.17, 15) is 10.5 Å². The number of aromatic nitrogens is 2. The third-order valence-corrected chi connectivity index (χ3v) is 7.94. The van der Waals surface area contributed by atoms with Crippen LogP contribution in [-0.2, 0) is 0 Å². The van der Waals surface area contributed by atoms with Crippen LogP contribution in [0.4, 0.5) is 0 Å². The predicted octanol–water partition coefficient (Wildman–Crippen LogP) is 9.16. The topological polar surface area (TPSA) is 78.5 Å². The number of hydrogen-bond acceptors (Lipinski definition) is 4. The monoisotopic (exact) mass is 536 g/mol. The van der Waals surface area contributed by atoms with Crippen molar-refractivity contribution in [3.05, 3.63) is 133 Å². The highest BCUT2D eigenvalue weighted by Gasteiger charge is 2.19. The molecule has 5 nitrogen and oxygen atoms in total. The zero-order chi connectivity index (χ0) is 28.2. The third-order valence-electron chi connectivity index (χ3n) is 7.94. The van der Waals surface area contributed by atoms with Gasteiger partial charge in [-0.2, -0.15) is 10.5 Å². The van der Waals surface area contributed by atoms with Gasteiger partial charge in [0.05, 0.1) is 22.3 Å². The fourth-order valence-electron chi connectivity index (χ4n) is 6.00. The molecule has 5 aromatic carbocycles. The van der Waals surface area contributed by atoms with Gasteiger partial charge in [-0.15, -0.1) is 0 Å². The molecule has 0 aliphatic rings. The zero-order valence-corrected chi connectivity index (χ0v) is 22.2. The maximum atomic E-state index is 10.4. The summed E-state index contributed by atoms with van der Waals surface area (Å²) in [5.74, 6) is 0. The molecule has 0 saturated heterocycles. The van der Waals surface area contributed by atoms with E-state index < -0.39 is 0 Å². The molecule has 0 bridgehead atoms. The van der Waals surface area contributed by atoms with E-state index in [1.165, 1.54) is 0 Å². The van der Waals surface area contributed by atoms with Crippen LogP contribution in [0.3, 0.4) is 0 Å². The summed E-state index contributed by atoms with van der Waals surface area (Å²) in [6.07, 6.45) is 1.72. The molecule has 0 unspecified atom stereocenters. The van der Waals surface area contributed by atoms with Crippen molar-refractivity contribution in [2.24, 2.45) is 0 Å². The van der Waals surface area contributed by atoms with Crippen LogP contribution in [0.2, 0.25) is 0 Å². The molecule has 0 radical (unpaired) electrons. The summed E-state index contributed by atoms with van der Waals surface area (Å²) in [5, 5.41) is 24.6. The lowest BCUT2D eigenvalue weighted by atomic mass is 9.97. The number of rotatable bonds is 3. The fraction of sp³-hybridized carbons (Fsp3) is 0. The second-order valence-corrected chi connectivity index (χ2v) is 10.3. The van der Waals surface area contributed by atoms with Gasteiger partial charge < -0.3 is 8.98 Å². The van der Waals surface area contributed by atoms with E-state index in [0.717, 1.165) is 66.1 Å². The van der Waals surface area contributed by atoms with Crippen LogP contribution in [0.1, 0.15) is 11.3 Å². The number of hydrogen-bond donors (Lipinski definition) is 0. The molecular weight excluding hydrogens is 516 g/mol. The summed E-state index contributed by atoms with van der Waals surface area (Å²) >= 11 is 0. The van der Waals surface area contributed by atoms with E-state index in [2.05, 4.69) is 52.0 Å². The zero-order valence-electron chi connectivity index (χ0n) is 22.2. The molecule has 0 saturated carbocycles. The lowest BCUT2D eigenvalue weighted by Crippen LogP contribution is -1.99. The Morgan fingerprint density at radius 2 is 1.36 bits per heavy atom. The summed E-state index contributed by atoms with van der Waals surface area (Å²) in [6, 6.07) is 42.9. The van der Waals surface area contributed by atoms with Crippen molar-refractivity contribution in [1.82, 2.24) is 9.55 Å². The lowest BCUT2D eigenvalue weighted by Gasteiger charge is -2.13. The number of fused-ring (bicyclic) bond motifs is 6. The van der Waals surface area contributed by atoms with Gasteiger partial charge in [-0.3, -0.25) is 0 Å². The first kappa shape index (κ1) is 23.7. The van der Waals surface area contributed by atoms with E-state index >= 15 is 0 Å². The van der Waals surface area contributed by atoms with Gasteiger partial charge in [-0.05, 0) is 47.5 Å². The van der Waals surface area contributed by atoms with Crippen LogP contribution < -0.4 is 0 Å². The summed E-state index contributed by atoms with van der Waals surface area (Å²) in [5.41, 5.74) is 8.53. The van der Waals surface area contributed by atoms with Crippen molar-refractivity contribution < 1.29 is 4.42 Å². The van der Waals surface area contributed by atoms with Gasteiger partial charge in [0.25, 0.3) is 0 Å². The van der Waals surface area contributed by atoms with Gasteiger partial charge >= 0.3 is 0 Å². The van der Waals surface area contributed by atoms with Crippen molar-refractivity contribution in [1.29, 1.82) is 10.5 Å². The second-order valence-electron chi connectivity index (χ2n) is 10.3. The number of para-hydroxylation sites is 2. The first-order valence-electron chi connectivity index (χ1n) is 13.6. The molecule has 8 rings (SSSR count). The van der Waals surface area contributed by atoms with Crippen LogP contribution in [0.25, 0.3) is 71.7 Å². The molecule has 0 atom stereocenters. The van der Waals surface area contributed by atoms with Crippen molar-refractivity contribution in [2.75, 3.05) is 0 Å². The quantitative estimate of drug-likeness (QED) is 0.225. The Hall–Kier alpha value is -6.17. The van der Waals surface area contributed by atoms with Crippen LogP contribution >= 0.6 is 0 Å². The number of pyridine rings is 1. The Morgan fingerprint density at radius 3 is 2.19 bits per heavy atom. The number of nitrogens with zero attached hydrogens (tertiary/aromatic N) is 4. The number of benzene rings is 5. The molecular formula is C37H20N4O. The molecule has 0 N–H and O–H groups in total. The Bertz CT molecular complexity index is 2440. The molecule has 0 amide bonds. The Labute approximate surface area is 240 Å². The van der Waals surface area contributed by atoms with Gasteiger partial charge in [-0.1, -0.05) is 72.8 Å². The predicted molar refractivity (Wildman–Crippen MR) is 166 cm³/mol. The van der Waals surface area contributed by atoms with Crippen molar-refractivity contribution >= 4 is 43.7 Å². The highest BCUT2D eigenvalue weighted by atomic mass is 16.3. The standard InChI is InChI=1S/C37H20N4O/c38-20-25-16-24(29-17-26(22-40-32(29)21-39)23-8-2-1-3-9-23)14-15-33(25)41-34-12-6-4-10-27(34)30-18-31-28-11-5-7-13-36(28)42-37(31)19-35(30)41/h1-19,22H. The largest absolute Gasteiger partial charge is 0.456 e. The molecule has 0 fully saturated rings. The minimum Gasteiger partial charge on any atom is -0.456 e. The molecule has 5 heteroatoms. The summed E-state index contributed by atoms with van der Waals surface area (Å²) in [6.45, 7) is 0. The van der Waals surface area contributed by atoms with Crippen LogP contribution in [0.15, 0.2) is 126 Å². The second kappa shape index (κ2) is 9.20. The average Bonchev–Trinajstić information content (AvgIpc) is 3.58. The van der Waals surface area contributed by atoms with Crippen molar-refractivity contribution in [3.8, 4) is 40.1 Å². The number of furan rings is 1. The maximum absolute atomic E-state index is 10.4. The fourth-order valence-corrected chi connectivity index (χ4v) is 6.00. The van der Waals surface area contributed by atoms with Crippen LogP contribution in [0.5, 0.6) is 0 Å². The van der Waals surface area contributed by atoms with Crippen molar-refractivity contribution in [2.45, 2.75) is 0 Å². The Kier molecular flexibility index (Phi) is 5.19. The first-order valence-corrected chi connectivity index (χ1v) is 13.6. The van der Waals surface area contributed by atoms with Crippen LogP contribution in [0, 0.1) is 22.7 Å². The molecule has 0 aliphatic carbocycles. The van der Waals surface area contributed by atoms with E-state index in [1.807, 2.05) is 84.9 Å². The normalized spacial score (nSPS) is 11.3. The minimum absolute atomic E-state index is 0.315. The van der Waals surface area contributed by atoms with Gasteiger partial charge in [-0.25, -0.2) is 4.98 Å².